The van der Waals surface area contributed by atoms with E-state index in [9.17, 15) is 0 Å². The summed E-state index contributed by atoms with van der Waals surface area (Å²) in [6, 6.07) is 14.3. The summed E-state index contributed by atoms with van der Waals surface area (Å²) < 4.78 is 17.1. The number of anilines is 1. The number of fused-ring (bicyclic) bond motifs is 1. The van der Waals surface area contributed by atoms with Crippen molar-refractivity contribution in [3.8, 4) is 6.07 Å². The standard InChI is InChI=1S/C30H36N4O3/c1-3-4-26-28(33(2)20-24-7-5-23(19-31)6-8-24)12-10-25-27(32-37-30(25)26)11-9-22-13-15-34(16-14-22)21-29-35-17-18-36-29/h3-8,10,12,22,29H,9,11,13-18,20-21H2,1-2H3/b4-3+. The van der Waals surface area contributed by atoms with Gasteiger partial charge in [-0.3, -0.25) is 4.90 Å². The Kier molecular flexibility index (Phi) is 8.20. The number of benzene rings is 2. The van der Waals surface area contributed by atoms with E-state index < -0.39 is 0 Å². The molecule has 0 N–H and O–H groups in total. The lowest BCUT2D eigenvalue weighted by molar-refractivity contribution is -0.0661. The lowest BCUT2D eigenvalue weighted by Crippen LogP contribution is -2.39. The van der Waals surface area contributed by atoms with Crippen molar-refractivity contribution in [3.05, 3.63) is 64.9 Å². The molecule has 3 aromatic rings. The first-order chi connectivity index (χ1) is 18.1. The monoisotopic (exact) mass is 500 g/mol. The largest absolute Gasteiger partial charge is 0.370 e. The number of aromatic nitrogens is 1. The van der Waals surface area contributed by atoms with Crippen LogP contribution in [0.25, 0.3) is 17.0 Å². The third kappa shape index (κ3) is 6.04. The summed E-state index contributed by atoms with van der Waals surface area (Å²) in [6.07, 6.45) is 8.58. The molecule has 0 radical (unpaired) electrons. The molecule has 0 amide bonds. The van der Waals surface area contributed by atoms with Crippen LogP contribution in [0.2, 0.25) is 0 Å². The van der Waals surface area contributed by atoms with Crippen LogP contribution in [0.1, 0.15) is 48.6 Å². The fourth-order valence-corrected chi connectivity index (χ4v) is 5.47. The van der Waals surface area contributed by atoms with Crippen molar-refractivity contribution < 1.29 is 14.0 Å². The SMILES string of the molecule is C/C=C/c1c(N(C)Cc2ccc(C#N)cc2)ccc2c(CCC3CCN(CC4OCCO4)CC3)noc12. The lowest BCUT2D eigenvalue weighted by atomic mass is 9.91. The van der Waals surface area contributed by atoms with Gasteiger partial charge in [0, 0.05) is 36.8 Å². The van der Waals surface area contributed by atoms with Crippen molar-refractivity contribution >= 4 is 22.7 Å². The molecule has 3 heterocycles. The molecule has 2 aliphatic rings. The minimum absolute atomic E-state index is 0.0440. The number of rotatable bonds is 9. The van der Waals surface area contributed by atoms with Gasteiger partial charge in [-0.15, -0.1) is 0 Å². The smallest absolute Gasteiger partial charge is 0.176 e. The third-order valence-electron chi connectivity index (χ3n) is 7.57. The van der Waals surface area contributed by atoms with Crippen molar-refractivity contribution in [2.75, 3.05) is 44.8 Å². The minimum Gasteiger partial charge on any atom is -0.370 e. The van der Waals surface area contributed by atoms with Gasteiger partial charge in [0.05, 0.1) is 30.5 Å². The number of ether oxygens (including phenoxy) is 2. The van der Waals surface area contributed by atoms with Crippen LogP contribution in [-0.4, -0.2) is 56.2 Å². The summed E-state index contributed by atoms with van der Waals surface area (Å²) >= 11 is 0. The second-order valence-electron chi connectivity index (χ2n) is 10.1. The number of piperidine rings is 1. The molecule has 2 fully saturated rings. The van der Waals surface area contributed by atoms with Crippen molar-refractivity contribution in [1.29, 1.82) is 5.26 Å². The highest BCUT2D eigenvalue weighted by Crippen LogP contribution is 2.33. The van der Waals surface area contributed by atoms with Gasteiger partial charge in [-0.05, 0) is 81.4 Å². The number of aryl methyl sites for hydroxylation is 1. The van der Waals surface area contributed by atoms with Crippen LogP contribution in [0.3, 0.4) is 0 Å². The van der Waals surface area contributed by atoms with Gasteiger partial charge in [-0.1, -0.05) is 29.4 Å². The van der Waals surface area contributed by atoms with Gasteiger partial charge >= 0.3 is 0 Å². The molecule has 5 rings (SSSR count). The molecule has 0 saturated carbocycles. The van der Waals surface area contributed by atoms with Crippen molar-refractivity contribution in [1.82, 2.24) is 10.1 Å². The van der Waals surface area contributed by atoms with Crippen LogP contribution < -0.4 is 4.90 Å². The van der Waals surface area contributed by atoms with Gasteiger partial charge in [-0.2, -0.15) is 5.26 Å². The Morgan fingerprint density at radius 1 is 1.11 bits per heavy atom. The molecule has 7 heteroatoms. The van der Waals surface area contributed by atoms with E-state index in [0.717, 1.165) is 85.7 Å². The van der Waals surface area contributed by atoms with Gasteiger partial charge in [0.15, 0.2) is 11.9 Å². The fraction of sp³-hybridized carbons (Fsp3) is 0.467. The van der Waals surface area contributed by atoms with E-state index >= 15 is 0 Å². The van der Waals surface area contributed by atoms with Crippen LogP contribution in [0.5, 0.6) is 0 Å². The molecule has 1 aromatic heterocycles. The van der Waals surface area contributed by atoms with Crippen molar-refractivity contribution in [3.63, 3.8) is 0 Å². The predicted octanol–water partition coefficient (Wildman–Crippen LogP) is 5.39. The van der Waals surface area contributed by atoms with Gasteiger partial charge < -0.3 is 18.9 Å². The Balaban J connectivity index is 1.23. The molecule has 0 bridgehead atoms. The van der Waals surface area contributed by atoms with Crippen LogP contribution in [0, 0.1) is 17.2 Å². The normalized spacial score (nSPS) is 17.6. The Hall–Kier alpha value is -3.18. The second kappa shape index (κ2) is 11.9. The van der Waals surface area contributed by atoms with Gasteiger partial charge in [0.2, 0.25) is 0 Å². The summed E-state index contributed by atoms with van der Waals surface area (Å²) in [5, 5.41) is 14.7. The van der Waals surface area contributed by atoms with Crippen LogP contribution in [0.15, 0.2) is 47.0 Å². The van der Waals surface area contributed by atoms with E-state index in [1.807, 2.05) is 37.3 Å². The summed E-state index contributed by atoms with van der Waals surface area (Å²) in [5.74, 6) is 0.709. The van der Waals surface area contributed by atoms with Crippen LogP contribution >= 0.6 is 0 Å². The number of allylic oxidation sites excluding steroid dienone is 1. The van der Waals surface area contributed by atoms with Gasteiger partial charge in [0.25, 0.3) is 0 Å². The topological polar surface area (TPSA) is 74.8 Å². The van der Waals surface area contributed by atoms with E-state index in [1.54, 1.807) is 0 Å². The van der Waals surface area contributed by atoms with Gasteiger partial charge in [0.1, 0.15) is 0 Å². The van der Waals surface area contributed by atoms with E-state index in [4.69, 9.17) is 19.3 Å². The third-order valence-corrected chi connectivity index (χ3v) is 7.57. The number of likely N-dealkylation sites (tertiary alicyclic amines) is 1. The Labute approximate surface area is 219 Å². The molecule has 7 nitrogen and oxygen atoms in total. The molecule has 0 unspecified atom stereocenters. The average molecular weight is 501 g/mol. The van der Waals surface area contributed by atoms with Crippen LogP contribution in [-0.2, 0) is 22.4 Å². The summed E-state index contributed by atoms with van der Waals surface area (Å²) in [7, 11) is 2.08. The molecule has 0 aliphatic carbocycles. The van der Waals surface area contributed by atoms with E-state index in [-0.39, 0.29) is 6.29 Å². The number of nitriles is 1. The van der Waals surface area contributed by atoms with Crippen molar-refractivity contribution in [2.24, 2.45) is 5.92 Å². The van der Waals surface area contributed by atoms with Crippen molar-refractivity contribution in [2.45, 2.75) is 45.4 Å². The number of hydrogen-bond donors (Lipinski definition) is 0. The first kappa shape index (κ1) is 25.5. The maximum Gasteiger partial charge on any atom is 0.176 e. The highest BCUT2D eigenvalue weighted by Gasteiger charge is 2.25. The van der Waals surface area contributed by atoms with E-state index in [2.05, 4.69) is 46.3 Å². The first-order valence-electron chi connectivity index (χ1n) is 13.3. The first-order valence-corrected chi connectivity index (χ1v) is 13.3. The minimum atomic E-state index is -0.0440. The Morgan fingerprint density at radius 2 is 1.86 bits per heavy atom. The van der Waals surface area contributed by atoms with Gasteiger partial charge in [-0.25, -0.2) is 0 Å². The molecule has 2 saturated heterocycles. The molecule has 194 valence electrons. The Morgan fingerprint density at radius 3 is 2.57 bits per heavy atom. The highest BCUT2D eigenvalue weighted by molar-refractivity contribution is 5.93. The molecular formula is C30H36N4O3. The molecule has 37 heavy (non-hydrogen) atoms. The quantitative estimate of drug-likeness (QED) is 0.390. The van der Waals surface area contributed by atoms with Crippen LogP contribution in [0.4, 0.5) is 5.69 Å². The molecule has 0 atom stereocenters. The summed E-state index contributed by atoms with van der Waals surface area (Å²) in [5.41, 5.74) is 5.89. The zero-order valence-electron chi connectivity index (χ0n) is 21.9. The second-order valence-corrected chi connectivity index (χ2v) is 10.1. The Bertz CT molecular complexity index is 1250. The highest BCUT2D eigenvalue weighted by atomic mass is 16.7. The molecular weight excluding hydrogens is 464 g/mol. The molecule has 2 aliphatic heterocycles. The van der Waals surface area contributed by atoms with E-state index in [1.165, 1.54) is 12.8 Å². The molecule has 0 spiro atoms. The van der Waals surface area contributed by atoms with E-state index in [0.29, 0.717) is 11.5 Å². The average Bonchev–Trinajstić information content (AvgIpc) is 3.59. The molecule has 2 aromatic carbocycles. The zero-order chi connectivity index (χ0) is 25.6. The summed E-state index contributed by atoms with van der Waals surface area (Å²) in [4.78, 5) is 4.69. The fourth-order valence-electron chi connectivity index (χ4n) is 5.47. The maximum absolute atomic E-state index is 9.06. The zero-order valence-corrected chi connectivity index (χ0v) is 21.9. The maximum atomic E-state index is 9.06. The lowest BCUT2D eigenvalue weighted by Gasteiger charge is -2.32. The summed E-state index contributed by atoms with van der Waals surface area (Å²) in [6.45, 7) is 7.30. The number of nitrogens with zero attached hydrogens (tertiary/aromatic N) is 4. The number of hydrogen-bond acceptors (Lipinski definition) is 7. The predicted molar refractivity (Wildman–Crippen MR) is 145 cm³/mol.